The molecule has 230 valence electrons. The molecule has 0 aliphatic carbocycles. The predicted octanol–water partition coefficient (Wildman–Crippen LogP) is 13.6. The summed E-state index contributed by atoms with van der Waals surface area (Å²) in [6.45, 7) is 0. The molecule has 0 saturated carbocycles. The van der Waals surface area contributed by atoms with Crippen molar-refractivity contribution >= 4 is 49.2 Å². The van der Waals surface area contributed by atoms with Gasteiger partial charge < -0.3 is 0 Å². The van der Waals surface area contributed by atoms with Gasteiger partial charge in [-0.1, -0.05) is 188 Å². The Balaban J connectivity index is 1.07. The molecule has 0 aliphatic heterocycles. The Bertz CT molecular complexity index is 2660. The average Bonchev–Trinajstić information content (AvgIpc) is 3.17. The lowest BCUT2D eigenvalue weighted by molar-refractivity contribution is 1.28. The summed E-state index contributed by atoms with van der Waals surface area (Å²) in [5, 5.41) is 10.2. The van der Waals surface area contributed by atoms with Crippen LogP contribution in [0, 0.1) is 0 Å². The Morgan fingerprint density at radius 1 is 0.347 bits per heavy atom. The SMILES string of the molecule is C(=C\c1ccc(-c2c3ccccc3c(-c3ccccc3)c3c2ccc2ccccc23)cc1)/Cc1cccc(-c2ccc3ccccc3c2)c1. The summed E-state index contributed by atoms with van der Waals surface area (Å²) in [4.78, 5) is 0. The lowest BCUT2D eigenvalue weighted by atomic mass is 9.84. The maximum Gasteiger partial charge on any atom is -0.00141 e. The number of hydrogen-bond donors (Lipinski definition) is 0. The van der Waals surface area contributed by atoms with Crippen molar-refractivity contribution < 1.29 is 0 Å². The van der Waals surface area contributed by atoms with E-state index in [0.717, 1.165) is 6.42 Å². The summed E-state index contributed by atoms with van der Waals surface area (Å²) < 4.78 is 0. The molecule has 0 fully saturated rings. The van der Waals surface area contributed by atoms with Crippen molar-refractivity contribution in [2.75, 3.05) is 0 Å². The molecule has 0 amide bonds. The smallest absolute Gasteiger partial charge is 0.00141 e. The third-order valence-electron chi connectivity index (χ3n) is 9.85. The van der Waals surface area contributed by atoms with Gasteiger partial charge in [0.25, 0.3) is 0 Å². The van der Waals surface area contributed by atoms with Crippen LogP contribution in [0.4, 0.5) is 0 Å². The van der Waals surface area contributed by atoms with Crippen LogP contribution >= 0.6 is 0 Å². The second kappa shape index (κ2) is 12.4. The monoisotopic (exact) mass is 622 g/mol. The van der Waals surface area contributed by atoms with Crippen molar-refractivity contribution in [3.63, 3.8) is 0 Å². The first-order chi connectivity index (χ1) is 24.3. The molecule has 49 heavy (non-hydrogen) atoms. The van der Waals surface area contributed by atoms with Gasteiger partial charge in [0, 0.05) is 0 Å². The zero-order chi connectivity index (χ0) is 32.6. The summed E-state index contributed by atoms with van der Waals surface area (Å²) in [5.74, 6) is 0. The Labute approximate surface area is 287 Å². The van der Waals surface area contributed by atoms with Crippen LogP contribution in [0.25, 0.3) is 82.5 Å². The summed E-state index contributed by atoms with van der Waals surface area (Å²) in [7, 11) is 0. The van der Waals surface area contributed by atoms with E-state index in [1.807, 2.05) is 0 Å². The Morgan fingerprint density at radius 3 is 1.76 bits per heavy atom. The van der Waals surface area contributed by atoms with E-state index >= 15 is 0 Å². The first kappa shape index (κ1) is 28.9. The number of allylic oxidation sites excluding steroid dienone is 1. The lowest BCUT2D eigenvalue weighted by Gasteiger charge is -2.19. The van der Waals surface area contributed by atoms with Gasteiger partial charge in [0.05, 0.1) is 0 Å². The average molecular weight is 623 g/mol. The van der Waals surface area contributed by atoms with Gasteiger partial charge in [-0.25, -0.2) is 0 Å². The van der Waals surface area contributed by atoms with E-state index in [1.165, 1.54) is 87.6 Å². The molecular formula is C49H34. The van der Waals surface area contributed by atoms with Crippen LogP contribution < -0.4 is 0 Å². The minimum atomic E-state index is 0.881. The summed E-state index contributed by atoms with van der Waals surface area (Å²) in [6, 6.07) is 66.4. The summed E-state index contributed by atoms with van der Waals surface area (Å²) in [6.07, 6.45) is 5.40. The number of benzene rings is 9. The molecule has 0 heterocycles. The molecule has 0 unspecified atom stereocenters. The minimum Gasteiger partial charge on any atom is -0.0795 e. The van der Waals surface area contributed by atoms with Crippen LogP contribution in [0.3, 0.4) is 0 Å². The third-order valence-corrected chi connectivity index (χ3v) is 9.85. The highest BCUT2D eigenvalue weighted by Gasteiger charge is 2.18. The van der Waals surface area contributed by atoms with Crippen LogP contribution in [0.1, 0.15) is 11.1 Å². The van der Waals surface area contributed by atoms with E-state index in [-0.39, 0.29) is 0 Å². The molecule has 0 nitrogen and oxygen atoms in total. The Hall–Kier alpha value is -6.24. The molecule has 0 aliphatic rings. The molecule has 0 aromatic heterocycles. The van der Waals surface area contributed by atoms with Crippen molar-refractivity contribution in [1.29, 1.82) is 0 Å². The van der Waals surface area contributed by atoms with Crippen molar-refractivity contribution in [3.05, 3.63) is 199 Å². The van der Waals surface area contributed by atoms with Crippen LogP contribution in [0.5, 0.6) is 0 Å². The quantitative estimate of drug-likeness (QED) is 0.128. The lowest BCUT2D eigenvalue weighted by Crippen LogP contribution is -1.92. The van der Waals surface area contributed by atoms with Crippen LogP contribution in [-0.2, 0) is 6.42 Å². The molecule has 0 heteroatoms. The molecule has 0 spiro atoms. The zero-order valence-electron chi connectivity index (χ0n) is 27.2. The number of fused-ring (bicyclic) bond motifs is 5. The van der Waals surface area contributed by atoms with Crippen molar-refractivity contribution in [2.24, 2.45) is 0 Å². The largest absolute Gasteiger partial charge is 0.0795 e. The van der Waals surface area contributed by atoms with Gasteiger partial charge in [-0.15, -0.1) is 0 Å². The van der Waals surface area contributed by atoms with Crippen molar-refractivity contribution in [3.8, 4) is 33.4 Å². The standard InChI is InChI=1S/C49H34/c1-2-17-38(18-3-1)48-45-23-9-8-22-44(45)47(46-31-30-37-16-6-7-21-43(37)49(46)48)39-26-24-34(25-27-39)12-10-13-35-14-11-20-40(32-35)42-29-28-36-15-4-5-19-41(36)33-42/h1-12,14-33H,13H2/b12-10+. The van der Waals surface area contributed by atoms with Gasteiger partial charge in [-0.05, 0) is 100 Å². The predicted molar refractivity (Wildman–Crippen MR) is 212 cm³/mol. The molecule has 9 aromatic carbocycles. The van der Waals surface area contributed by atoms with E-state index in [4.69, 9.17) is 0 Å². The maximum atomic E-state index is 2.33. The maximum absolute atomic E-state index is 2.33. The van der Waals surface area contributed by atoms with Crippen LogP contribution in [0.15, 0.2) is 188 Å². The van der Waals surface area contributed by atoms with Gasteiger partial charge in [-0.2, -0.15) is 0 Å². The number of rotatable bonds is 6. The molecule has 0 saturated heterocycles. The van der Waals surface area contributed by atoms with E-state index in [0.29, 0.717) is 0 Å². The fourth-order valence-corrected chi connectivity index (χ4v) is 7.50. The highest BCUT2D eigenvalue weighted by Crippen LogP contribution is 2.46. The van der Waals surface area contributed by atoms with Gasteiger partial charge in [0.2, 0.25) is 0 Å². The second-order valence-corrected chi connectivity index (χ2v) is 12.9. The third kappa shape index (κ3) is 5.38. The van der Waals surface area contributed by atoms with Gasteiger partial charge in [-0.3, -0.25) is 0 Å². The van der Waals surface area contributed by atoms with E-state index in [9.17, 15) is 0 Å². The fraction of sp³-hybridized carbons (Fsp3) is 0.0204. The summed E-state index contributed by atoms with van der Waals surface area (Å²) >= 11 is 0. The summed E-state index contributed by atoms with van der Waals surface area (Å²) in [5.41, 5.74) is 10.1. The Kier molecular flexibility index (Phi) is 7.33. The molecule has 9 aromatic rings. The van der Waals surface area contributed by atoms with Gasteiger partial charge >= 0.3 is 0 Å². The second-order valence-electron chi connectivity index (χ2n) is 12.9. The molecule has 0 N–H and O–H groups in total. The first-order valence-corrected chi connectivity index (χ1v) is 17.1. The minimum absolute atomic E-state index is 0.881. The first-order valence-electron chi connectivity index (χ1n) is 17.1. The highest BCUT2D eigenvalue weighted by atomic mass is 14.2. The molecule has 9 rings (SSSR count). The molecule has 0 bridgehead atoms. The van der Waals surface area contributed by atoms with Crippen LogP contribution in [0.2, 0.25) is 0 Å². The van der Waals surface area contributed by atoms with E-state index in [1.54, 1.807) is 0 Å². The fourth-order valence-electron chi connectivity index (χ4n) is 7.50. The van der Waals surface area contributed by atoms with E-state index < -0.39 is 0 Å². The normalized spacial score (nSPS) is 11.7. The van der Waals surface area contributed by atoms with Crippen molar-refractivity contribution in [1.82, 2.24) is 0 Å². The molecule has 0 radical (unpaired) electrons. The zero-order valence-corrected chi connectivity index (χ0v) is 27.2. The Morgan fingerprint density at radius 2 is 0.939 bits per heavy atom. The molecule has 0 atom stereocenters. The van der Waals surface area contributed by atoms with Gasteiger partial charge in [0.1, 0.15) is 0 Å². The van der Waals surface area contributed by atoms with Gasteiger partial charge in [0.15, 0.2) is 0 Å². The van der Waals surface area contributed by atoms with Crippen LogP contribution in [-0.4, -0.2) is 0 Å². The highest BCUT2D eigenvalue weighted by molar-refractivity contribution is 6.27. The molecular weight excluding hydrogens is 589 g/mol. The van der Waals surface area contributed by atoms with Crippen molar-refractivity contribution in [2.45, 2.75) is 6.42 Å². The topological polar surface area (TPSA) is 0 Å². The van der Waals surface area contributed by atoms with E-state index in [2.05, 4.69) is 194 Å². The number of hydrogen-bond acceptors (Lipinski definition) is 0.